The molecule has 0 fully saturated rings. The van der Waals surface area contributed by atoms with Crippen LogP contribution in [0.1, 0.15) is 74.1 Å². The van der Waals surface area contributed by atoms with Crippen LogP contribution in [0.2, 0.25) is 0 Å². The predicted molar refractivity (Wildman–Crippen MR) is 119 cm³/mol. The Bertz CT molecular complexity index is 608. The molecule has 0 bridgehead atoms. The van der Waals surface area contributed by atoms with Crippen molar-refractivity contribution in [2.45, 2.75) is 86.4 Å². The normalized spacial score (nSPS) is 13.8. The van der Waals surface area contributed by atoms with Gasteiger partial charge in [0.1, 0.15) is 13.0 Å². The number of rotatable bonds is 15. The molecule has 0 radical (unpaired) electrons. The van der Waals surface area contributed by atoms with Gasteiger partial charge in [0.15, 0.2) is 5.92 Å². The molecule has 0 aliphatic rings. The summed E-state index contributed by atoms with van der Waals surface area (Å²) in [6.07, 6.45) is -0.0959. The van der Waals surface area contributed by atoms with E-state index in [1.807, 2.05) is 27.7 Å². The maximum atomic E-state index is 12.6. The predicted octanol–water partition coefficient (Wildman–Crippen LogP) is 4.00. The lowest BCUT2D eigenvalue weighted by Crippen LogP contribution is -2.34. The smallest absolute Gasteiger partial charge is 0.320 e. The molecule has 8 heteroatoms. The number of carbonyl (C=O) groups is 4. The largest absolute Gasteiger partial charge is 0.465 e. The van der Waals surface area contributed by atoms with Gasteiger partial charge in [-0.05, 0) is 51.0 Å². The van der Waals surface area contributed by atoms with Crippen LogP contribution < -0.4 is 0 Å². The number of hydrogen-bond acceptors (Lipinski definition) is 8. The van der Waals surface area contributed by atoms with Gasteiger partial charge >= 0.3 is 23.9 Å². The molecule has 0 aromatic rings. The highest BCUT2D eigenvalue weighted by atomic mass is 16.6. The van der Waals surface area contributed by atoms with Crippen LogP contribution in [0, 0.1) is 17.8 Å². The van der Waals surface area contributed by atoms with Crippen LogP contribution >= 0.6 is 0 Å². The van der Waals surface area contributed by atoms with Gasteiger partial charge < -0.3 is 18.9 Å². The quantitative estimate of drug-likeness (QED) is 0.158. The maximum Gasteiger partial charge on any atom is 0.320 e. The third-order valence-corrected chi connectivity index (χ3v) is 4.25. The van der Waals surface area contributed by atoms with E-state index in [1.54, 1.807) is 20.8 Å². The molecule has 184 valence electrons. The van der Waals surface area contributed by atoms with E-state index in [-0.39, 0.29) is 31.8 Å². The van der Waals surface area contributed by atoms with Crippen LogP contribution in [0.15, 0.2) is 12.2 Å². The fourth-order valence-corrected chi connectivity index (χ4v) is 3.03. The van der Waals surface area contributed by atoms with E-state index in [4.69, 9.17) is 18.9 Å². The fraction of sp³-hybridized carbons (Fsp3) is 0.750. The van der Waals surface area contributed by atoms with Gasteiger partial charge in [-0.15, -0.1) is 0 Å². The Balaban J connectivity index is 4.91. The van der Waals surface area contributed by atoms with Gasteiger partial charge in [0.25, 0.3) is 0 Å². The summed E-state index contributed by atoms with van der Waals surface area (Å²) in [4.78, 5) is 48.7. The number of hydrogen-bond donors (Lipinski definition) is 0. The summed E-state index contributed by atoms with van der Waals surface area (Å²) in [5, 5.41) is 0. The molecule has 0 aliphatic heterocycles. The van der Waals surface area contributed by atoms with Crippen molar-refractivity contribution in [3.63, 3.8) is 0 Å². The Morgan fingerprint density at radius 3 is 1.59 bits per heavy atom. The molecule has 0 aromatic heterocycles. The van der Waals surface area contributed by atoms with E-state index in [9.17, 15) is 19.2 Å². The first-order valence-corrected chi connectivity index (χ1v) is 11.2. The van der Waals surface area contributed by atoms with Crippen LogP contribution in [-0.2, 0) is 38.1 Å². The molecule has 2 atom stereocenters. The molecular weight excluding hydrogens is 416 g/mol. The molecule has 0 N–H and O–H groups in total. The average molecular weight is 457 g/mol. The van der Waals surface area contributed by atoms with Crippen molar-refractivity contribution in [1.29, 1.82) is 0 Å². The van der Waals surface area contributed by atoms with Crippen LogP contribution in [-0.4, -0.2) is 49.3 Å². The second-order valence-electron chi connectivity index (χ2n) is 9.11. The Labute approximate surface area is 192 Å². The zero-order chi connectivity index (χ0) is 24.8. The summed E-state index contributed by atoms with van der Waals surface area (Å²) in [7, 11) is 0. The molecule has 0 rings (SSSR count). The Morgan fingerprint density at radius 1 is 0.750 bits per heavy atom. The van der Waals surface area contributed by atoms with Crippen molar-refractivity contribution in [1.82, 2.24) is 0 Å². The van der Waals surface area contributed by atoms with Gasteiger partial charge in [-0.3, -0.25) is 19.2 Å². The van der Waals surface area contributed by atoms with Crippen molar-refractivity contribution in [2.75, 3.05) is 13.2 Å². The molecule has 8 nitrogen and oxygen atoms in total. The van der Waals surface area contributed by atoms with Gasteiger partial charge in [0.2, 0.25) is 0 Å². The lowest BCUT2D eigenvalue weighted by molar-refractivity contribution is -0.170. The molecule has 0 spiro atoms. The summed E-state index contributed by atoms with van der Waals surface area (Å²) in [6.45, 7) is 16.6. The minimum Gasteiger partial charge on any atom is -0.465 e. The molecular formula is C24H40O8. The SMILES string of the molecule is C=C(C)COC(=O)CC(=O)OCCC(C(=O)OC(C)CC(C)C)C(=O)OC(C)CC(C)C. The summed E-state index contributed by atoms with van der Waals surface area (Å²) in [5.41, 5.74) is 0.643. The number of carbonyl (C=O) groups excluding carboxylic acids is 4. The summed E-state index contributed by atoms with van der Waals surface area (Å²) < 4.78 is 20.7. The van der Waals surface area contributed by atoms with E-state index in [0.29, 0.717) is 30.3 Å². The molecule has 0 saturated heterocycles. The van der Waals surface area contributed by atoms with Gasteiger partial charge in [0.05, 0.1) is 18.8 Å². The minimum absolute atomic E-state index is 0.0228. The van der Waals surface area contributed by atoms with Crippen molar-refractivity contribution in [3.8, 4) is 0 Å². The van der Waals surface area contributed by atoms with Crippen molar-refractivity contribution >= 4 is 23.9 Å². The molecule has 0 saturated carbocycles. The zero-order valence-electron chi connectivity index (χ0n) is 20.6. The molecule has 0 aliphatic carbocycles. The Morgan fingerprint density at radius 2 is 1.19 bits per heavy atom. The van der Waals surface area contributed by atoms with E-state index in [1.165, 1.54) is 0 Å². The van der Waals surface area contributed by atoms with Crippen LogP contribution in [0.25, 0.3) is 0 Å². The third-order valence-electron chi connectivity index (χ3n) is 4.25. The maximum absolute atomic E-state index is 12.6. The second kappa shape index (κ2) is 15.4. The molecule has 0 heterocycles. The lowest BCUT2D eigenvalue weighted by Gasteiger charge is -2.22. The third kappa shape index (κ3) is 14.6. The van der Waals surface area contributed by atoms with Crippen molar-refractivity contribution in [2.24, 2.45) is 17.8 Å². The first-order chi connectivity index (χ1) is 14.8. The molecule has 0 amide bonds. The zero-order valence-corrected chi connectivity index (χ0v) is 20.6. The summed E-state index contributed by atoms with van der Waals surface area (Å²) in [6, 6.07) is 0. The number of ether oxygens (including phenoxy) is 4. The summed E-state index contributed by atoms with van der Waals surface area (Å²) in [5.74, 6) is -3.55. The molecule has 32 heavy (non-hydrogen) atoms. The van der Waals surface area contributed by atoms with Gasteiger partial charge in [-0.1, -0.05) is 34.3 Å². The highest BCUT2D eigenvalue weighted by Gasteiger charge is 2.32. The monoisotopic (exact) mass is 456 g/mol. The van der Waals surface area contributed by atoms with E-state index >= 15 is 0 Å². The first-order valence-electron chi connectivity index (χ1n) is 11.2. The molecule has 2 unspecified atom stereocenters. The van der Waals surface area contributed by atoms with E-state index < -0.39 is 36.2 Å². The highest BCUT2D eigenvalue weighted by molar-refractivity contribution is 5.95. The topological polar surface area (TPSA) is 105 Å². The lowest BCUT2D eigenvalue weighted by atomic mass is 10.0. The number of esters is 4. The fourth-order valence-electron chi connectivity index (χ4n) is 3.03. The van der Waals surface area contributed by atoms with Gasteiger partial charge in [-0.2, -0.15) is 0 Å². The van der Waals surface area contributed by atoms with Gasteiger partial charge in [-0.25, -0.2) is 0 Å². The second-order valence-corrected chi connectivity index (χ2v) is 9.11. The van der Waals surface area contributed by atoms with Gasteiger partial charge in [0, 0.05) is 6.42 Å². The standard InChI is InChI=1S/C24H40O8/c1-15(2)11-18(7)31-23(27)20(24(28)32-19(8)12-16(3)4)9-10-29-21(25)13-22(26)30-14-17(5)6/h15-16,18-20H,5,9-14H2,1-4,6-8H3. The first kappa shape index (κ1) is 29.6. The van der Waals surface area contributed by atoms with Crippen LogP contribution in [0.3, 0.4) is 0 Å². The molecule has 0 aromatic carbocycles. The van der Waals surface area contributed by atoms with Crippen molar-refractivity contribution in [3.05, 3.63) is 12.2 Å². The van der Waals surface area contributed by atoms with E-state index in [0.717, 1.165) is 0 Å². The minimum atomic E-state index is -1.22. The highest BCUT2D eigenvalue weighted by Crippen LogP contribution is 2.17. The van der Waals surface area contributed by atoms with Crippen LogP contribution in [0.4, 0.5) is 0 Å². The average Bonchev–Trinajstić information content (AvgIpc) is 2.61. The van der Waals surface area contributed by atoms with Crippen molar-refractivity contribution < 1.29 is 38.1 Å². The summed E-state index contributed by atoms with van der Waals surface area (Å²) >= 11 is 0. The Kier molecular flexibility index (Phi) is 14.3. The van der Waals surface area contributed by atoms with E-state index in [2.05, 4.69) is 6.58 Å². The Hall–Kier alpha value is -2.38. The van der Waals surface area contributed by atoms with Crippen LogP contribution in [0.5, 0.6) is 0 Å².